The van der Waals surface area contributed by atoms with Crippen LogP contribution in [0, 0.1) is 5.41 Å². The van der Waals surface area contributed by atoms with Gasteiger partial charge in [-0.3, -0.25) is 9.59 Å². The summed E-state index contributed by atoms with van der Waals surface area (Å²) in [5.74, 6) is -6.74. The number of rotatable bonds is 15. The Hall–Kier alpha value is -1.41. The molecule has 0 aliphatic carbocycles. The van der Waals surface area contributed by atoms with Crippen molar-refractivity contribution in [2.24, 2.45) is 5.41 Å². The van der Waals surface area contributed by atoms with E-state index in [1.54, 1.807) is 0 Å². The number of carbonyl (C=O) groups excluding carboxylic acids is 2. The summed E-state index contributed by atoms with van der Waals surface area (Å²) in [5.41, 5.74) is -1.86. The zero-order valence-electron chi connectivity index (χ0n) is 17.5. The third-order valence-electron chi connectivity index (χ3n) is 4.80. The summed E-state index contributed by atoms with van der Waals surface area (Å²) in [6.07, 6.45) is -3.23. The molecule has 0 aliphatic heterocycles. The van der Waals surface area contributed by atoms with Crippen LogP contribution >= 0.6 is 0 Å². The third-order valence-corrected chi connectivity index (χ3v) is 4.80. The number of alkyl halides is 5. The SMILES string of the molecule is CCCCCCCCC(CCCC(F)(F)C(F)(F)F)(C(=O)OCC)C(=O)OCC. The van der Waals surface area contributed by atoms with E-state index in [4.69, 9.17) is 9.47 Å². The lowest BCUT2D eigenvalue weighted by Gasteiger charge is -2.30. The van der Waals surface area contributed by atoms with Crippen LogP contribution in [0.2, 0.25) is 0 Å². The Morgan fingerprint density at radius 1 is 0.655 bits per heavy atom. The summed E-state index contributed by atoms with van der Waals surface area (Å²) in [7, 11) is 0. The standard InChI is InChI=1S/C20H33F5O4/c1-4-7-8-9-10-11-13-18(16(26)28-5-2,17(27)29-6-3)14-12-15-19(21,22)20(23,24)25/h4-15H2,1-3H3. The van der Waals surface area contributed by atoms with Crippen molar-refractivity contribution in [2.75, 3.05) is 13.2 Å². The zero-order valence-corrected chi connectivity index (χ0v) is 17.5. The second-order valence-electron chi connectivity index (χ2n) is 7.10. The van der Waals surface area contributed by atoms with E-state index in [1.165, 1.54) is 13.8 Å². The maximum Gasteiger partial charge on any atom is 0.453 e. The molecule has 0 bridgehead atoms. The smallest absolute Gasteiger partial charge is 0.453 e. The van der Waals surface area contributed by atoms with Gasteiger partial charge in [0.2, 0.25) is 0 Å². The first-order chi connectivity index (χ1) is 13.5. The molecule has 0 aromatic carbocycles. The molecule has 0 heterocycles. The molecule has 0 radical (unpaired) electrons. The molecule has 0 saturated carbocycles. The van der Waals surface area contributed by atoms with Crippen LogP contribution in [0.25, 0.3) is 0 Å². The molecular formula is C20H33F5O4. The van der Waals surface area contributed by atoms with E-state index < -0.39 is 48.7 Å². The highest BCUT2D eigenvalue weighted by atomic mass is 19.4. The van der Waals surface area contributed by atoms with Gasteiger partial charge in [0, 0.05) is 6.42 Å². The largest absolute Gasteiger partial charge is 0.465 e. The minimum absolute atomic E-state index is 0.00557. The molecule has 0 fully saturated rings. The van der Waals surface area contributed by atoms with Crippen molar-refractivity contribution in [1.82, 2.24) is 0 Å². The van der Waals surface area contributed by atoms with Crippen molar-refractivity contribution in [2.45, 2.75) is 97.1 Å². The average molecular weight is 432 g/mol. The maximum atomic E-state index is 13.3. The number of ether oxygens (including phenoxy) is 2. The fourth-order valence-electron chi connectivity index (χ4n) is 3.12. The third kappa shape index (κ3) is 8.86. The Morgan fingerprint density at radius 3 is 1.55 bits per heavy atom. The van der Waals surface area contributed by atoms with Gasteiger partial charge in [0.05, 0.1) is 13.2 Å². The van der Waals surface area contributed by atoms with Crippen molar-refractivity contribution in [3.8, 4) is 0 Å². The lowest BCUT2D eigenvalue weighted by Crippen LogP contribution is -2.43. The number of carbonyl (C=O) groups is 2. The van der Waals surface area contributed by atoms with Crippen LogP contribution in [0.1, 0.15) is 85.0 Å². The molecule has 4 nitrogen and oxygen atoms in total. The van der Waals surface area contributed by atoms with Crippen molar-refractivity contribution in [3.63, 3.8) is 0 Å². The van der Waals surface area contributed by atoms with Crippen molar-refractivity contribution >= 4 is 11.9 Å². The second-order valence-corrected chi connectivity index (χ2v) is 7.10. The lowest BCUT2D eigenvalue weighted by molar-refractivity contribution is -0.284. The highest BCUT2D eigenvalue weighted by molar-refractivity contribution is 6.00. The first kappa shape index (κ1) is 27.6. The van der Waals surface area contributed by atoms with Crippen molar-refractivity contribution in [1.29, 1.82) is 0 Å². The number of halogens is 5. The second kappa shape index (κ2) is 13.0. The van der Waals surface area contributed by atoms with Crippen LogP contribution in [0.15, 0.2) is 0 Å². The Morgan fingerprint density at radius 2 is 1.10 bits per heavy atom. The van der Waals surface area contributed by atoms with Crippen LogP contribution < -0.4 is 0 Å². The van der Waals surface area contributed by atoms with Gasteiger partial charge in [-0.05, 0) is 33.1 Å². The Labute approximate surface area is 169 Å². The first-order valence-corrected chi connectivity index (χ1v) is 10.3. The quantitative estimate of drug-likeness (QED) is 0.133. The summed E-state index contributed by atoms with van der Waals surface area (Å²) in [5, 5.41) is 0. The van der Waals surface area contributed by atoms with Gasteiger partial charge in [0.1, 0.15) is 0 Å². The fourth-order valence-corrected chi connectivity index (χ4v) is 3.12. The molecule has 0 rings (SSSR count). The molecule has 0 spiro atoms. The number of esters is 2. The summed E-state index contributed by atoms with van der Waals surface area (Å²) in [6, 6.07) is 0. The highest BCUT2D eigenvalue weighted by Gasteiger charge is 2.57. The minimum atomic E-state index is -5.68. The van der Waals surface area contributed by atoms with E-state index in [2.05, 4.69) is 6.92 Å². The molecular weight excluding hydrogens is 399 g/mol. The molecule has 0 atom stereocenters. The summed E-state index contributed by atoms with van der Waals surface area (Å²) >= 11 is 0. The lowest BCUT2D eigenvalue weighted by atomic mass is 9.77. The fraction of sp³-hybridized carbons (Fsp3) is 0.900. The molecule has 172 valence electrons. The van der Waals surface area contributed by atoms with Gasteiger partial charge in [-0.15, -0.1) is 0 Å². The predicted molar refractivity (Wildman–Crippen MR) is 98.5 cm³/mol. The van der Waals surface area contributed by atoms with Crippen LogP contribution in [0.5, 0.6) is 0 Å². The molecule has 0 aliphatic rings. The van der Waals surface area contributed by atoms with Crippen molar-refractivity contribution in [3.05, 3.63) is 0 Å². The van der Waals surface area contributed by atoms with Gasteiger partial charge in [-0.1, -0.05) is 45.4 Å². The number of unbranched alkanes of at least 4 members (excludes halogenated alkanes) is 5. The molecule has 0 aromatic rings. The molecule has 29 heavy (non-hydrogen) atoms. The van der Waals surface area contributed by atoms with E-state index in [0.29, 0.717) is 12.8 Å². The van der Waals surface area contributed by atoms with Crippen LogP contribution in [-0.4, -0.2) is 37.3 Å². The average Bonchev–Trinajstić information content (AvgIpc) is 2.62. The monoisotopic (exact) mass is 432 g/mol. The summed E-state index contributed by atoms with van der Waals surface area (Å²) in [6.45, 7) is 5.01. The summed E-state index contributed by atoms with van der Waals surface area (Å²) < 4.78 is 73.8. The maximum absolute atomic E-state index is 13.3. The van der Waals surface area contributed by atoms with Gasteiger partial charge in [0.25, 0.3) is 0 Å². The molecule has 0 aromatic heterocycles. The first-order valence-electron chi connectivity index (χ1n) is 10.3. The number of hydrogen-bond donors (Lipinski definition) is 0. The van der Waals surface area contributed by atoms with Gasteiger partial charge < -0.3 is 9.47 Å². The summed E-state index contributed by atoms with van der Waals surface area (Å²) in [4.78, 5) is 25.1. The van der Waals surface area contributed by atoms with Crippen LogP contribution in [-0.2, 0) is 19.1 Å². The van der Waals surface area contributed by atoms with Crippen LogP contribution in [0.3, 0.4) is 0 Å². The normalized spacial score (nSPS) is 12.7. The molecule has 0 N–H and O–H groups in total. The molecule has 0 saturated heterocycles. The van der Waals surface area contributed by atoms with Gasteiger partial charge >= 0.3 is 24.0 Å². The molecule has 0 amide bonds. The Kier molecular flexibility index (Phi) is 12.4. The minimum Gasteiger partial charge on any atom is -0.465 e. The van der Waals surface area contributed by atoms with Gasteiger partial charge in [-0.25, -0.2) is 0 Å². The molecule has 9 heteroatoms. The van der Waals surface area contributed by atoms with E-state index in [9.17, 15) is 31.5 Å². The van der Waals surface area contributed by atoms with Gasteiger partial charge in [-0.2, -0.15) is 22.0 Å². The Balaban J connectivity index is 5.34. The van der Waals surface area contributed by atoms with E-state index in [1.807, 2.05) is 0 Å². The van der Waals surface area contributed by atoms with Crippen LogP contribution in [0.4, 0.5) is 22.0 Å². The Bertz CT molecular complexity index is 474. The predicted octanol–water partition coefficient (Wildman–Crippen LogP) is 6.22. The number of hydrogen-bond acceptors (Lipinski definition) is 4. The van der Waals surface area contributed by atoms with Crippen molar-refractivity contribution < 1.29 is 41.0 Å². The molecule has 0 unspecified atom stereocenters. The highest BCUT2D eigenvalue weighted by Crippen LogP contribution is 2.42. The topological polar surface area (TPSA) is 52.6 Å². The van der Waals surface area contributed by atoms with Gasteiger partial charge in [0.15, 0.2) is 5.41 Å². The van der Waals surface area contributed by atoms with E-state index >= 15 is 0 Å². The zero-order chi connectivity index (χ0) is 22.6. The van der Waals surface area contributed by atoms with E-state index in [-0.39, 0.29) is 19.6 Å². The van der Waals surface area contributed by atoms with E-state index in [0.717, 1.165) is 25.7 Å².